The van der Waals surface area contributed by atoms with E-state index in [1.54, 1.807) is 24.2 Å². The number of hydrogen-bond donors (Lipinski definition) is 2. The van der Waals surface area contributed by atoms with Gasteiger partial charge in [0.25, 0.3) is 0 Å². The number of likely N-dealkylation sites (tertiary alicyclic amines) is 1. The number of hydrogen-bond acceptors (Lipinski definition) is 3. The number of carbonyl (C=O) groups is 2. The highest BCUT2D eigenvalue weighted by Gasteiger charge is 2.26. The molecule has 1 aromatic heterocycles. The Balaban J connectivity index is 1.83. The lowest BCUT2D eigenvalue weighted by Crippen LogP contribution is -2.42. The summed E-state index contributed by atoms with van der Waals surface area (Å²) in [5.41, 5.74) is 0.967. The van der Waals surface area contributed by atoms with Crippen LogP contribution in [0.1, 0.15) is 38.3 Å². The molecule has 0 spiro atoms. The number of aromatic amines is 1. The monoisotopic (exact) mass is 264 g/mol. The number of nitrogens with zero attached hydrogens (tertiary/aromatic N) is 2. The van der Waals surface area contributed by atoms with E-state index in [0.717, 1.165) is 18.4 Å². The van der Waals surface area contributed by atoms with Crippen molar-refractivity contribution in [2.24, 2.45) is 5.92 Å². The predicted octanol–water partition coefficient (Wildman–Crippen LogP) is 0.845. The molecule has 19 heavy (non-hydrogen) atoms. The van der Waals surface area contributed by atoms with Crippen molar-refractivity contribution in [3.63, 3.8) is 0 Å². The normalized spacial score (nSPS) is 18.1. The molecule has 1 aliphatic heterocycles. The van der Waals surface area contributed by atoms with Gasteiger partial charge in [0, 0.05) is 37.7 Å². The van der Waals surface area contributed by atoms with Gasteiger partial charge in [-0.05, 0) is 19.8 Å². The van der Waals surface area contributed by atoms with E-state index in [0.29, 0.717) is 13.1 Å². The number of nitrogens with one attached hydrogen (secondary N) is 2. The molecule has 0 radical (unpaired) electrons. The van der Waals surface area contributed by atoms with E-state index < -0.39 is 0 Å². The van der Waals surface area contributed by atoms with Crippen LogP contribution in [0.5, 0.6) is 0 Å². The van der Waals surface area contributed by atoms with Crippen LogP contribution in [-0.4, -0.2) is 40.0 Å². The third-order valence-electron chi connectivity index (χ3n) is 3.69. The minimum absolute atomic E-state index is 0.00458. The van der Waals surface area contributed by atoms with Crippen molar-refractivity contribution >= 4 is 11.8 Å². The summed E-state index contributed by atoms with van der Waals surface area (Å²) >= 11 is 0. The minimum Gasteiger partial charge on any atom is -0.349 e. The van der Waals surface area contributed by atoms with Crippen LogP contribution in [0.4, 0.5) is 0 Å². The number of carbonyl (C=O) groups excluding carboxylic acids is 2. The molecule has 0 aliphatic carbocycles. The summed E-state index contributed by atoms with van der Waals surface area (Å²) < 4.78 is 0. The Bertz CT molecular complexity index is 436. The highest BCUT2D eigenvalue weighted by molar-refractivity contribution is 5.80. The van der Waals surface area contributed by atoms with E-state index in [2.05, 4.69) is 15.5 Å². The third kappa shape index (κ3) is 3.33. The Kier molecular flexibility index (Phi) is 4.19. The molecule has 2 heterocycles. The molecule has 0 bridgehead atoms. The van der Waals surface area contributed by atoms with Crippen molar-refractivity contribution in [3.05, 3.63) is 18.0 Å². The molecule has 0 saturated carbocycles. The van der Waals surface area contributed by atoms with Gasteiger partial charge in [-0.1, -0.05) is 0 Å². The molecule has 2 N–H and O–H groups in total. The lowest BCUT2D eigenvalue weighted by atomic mass is 9.95. The van der Waals surface area contributed by atoms with Crippen LogP contribution in [0.25, 0.3) is 0 Å². The maximum Gasteiger partial charge on any atom is 0.223 e. The van der Waals surface area contributed by atoms with Gasteiger partial charge in [0.1, 0.15) is 0 Å². The van der Waals surface area contributed by atoms with Crippen LogP contribution in [-0.2, 0) is 9.59 Å². The molecule has 1 aromatic rings. The zero-order valence-corrected chi connectivity index (χ0v) is 11.3. The van der Waals surface area contributed by atoms with Crippen LogP contribution in [0, 0.1) is 5.92 Å². The molecule has 104 valence electrons. The van der Waals surface area contributed by atoms with E-state index >= 15 is 0 Å². The van der Waals surface area contributed by atoms with E-state index in [1.807, 2.05) is 6.92 Å². The molecule has 2 amide bonds. The second kappa shape index (κ2) is 5.86. The second-order valence-electron chi connectivity index (χ2n) is 5.04. The molecule has 2 rings (SSSR count). The molecule has 6 nitrogen and oxygen atoms in total. The summed E-state index contributed by atoms with van der Waals surface area (Å²) in [6.45, 7) is 4.86. The van der Waals surface area contributed by atoms with Gasteiger partial charge in [-0.15, -0.1) is 0 Å². The molecule has 1 aliphatic rings. The van der Waals surface area contributed by atoms with Crippen molar-refractivity contribution in [1.82, 2.24) is 20.4 Å². The number of H-pyrrole nitrogens is 1. The van der Waals surface area contributed by atoms with E-state index in [9.17, 15) is 9.59 Å². The van der Waals surface area contributed by atoms with Gasteiger partial charge < -0.3 is 10.2 Å². The van der Waals surface area contributed by atoms with Gasteiger partial charge in [-0.2, -0.15) is 5.10 Å². The van der Waals surface area contributed by atoms with Crippen molar-refractivity contribution in [2.75, 3.05) is 13.1 Å². The molecule has 1 atom stereocenters. The zero-order chi connectivity index (χ0) is 13.8. The van der Waals surface area contributed by atoms with Gasteiger partial charge in [-0.3, -0.25) is 14.7 Å². The molecular weight excluding hydrogens is 244 g/mol. The number of aromatic nitrogens is 2. The van der Waals surface area contributed by atoms with Gasteiger partial charge in [0.2, 0.25) is 11.8 Å². The first kappa shape index (κ1) is 13.6. The van der Waals surface area contributed by atoms with E-state index in [4.69, 9.17) is 0 Å². The SMILES string of the molecule is CC(=O)N1CCC(C(=O)NC(C)c2cn[nH]c2)CC1. The van der Waals surface area contributed by atoms with Crippen molar-refractivity contribution in [3.8, 4) is 0 Å². The Morgan fingerprint density at radius 1 is 1.47 bits per heavy atom. The first-order valence-electron chi connectivity index (χ1n) is 6.62. The van der Waals surface area contributed by atoms with E-state index in [-0.39, 0.29) is 23.8 Å². The summed E-state index contributed by atoms with van der Waals surface area (Å²) in [7, 11) is 0. The highest BCUT2D eigenvalue weighted by Crippen LogP contribution is 2.19. The molecule has 1 fully saturated rings. The summed E-state index contributed by atoms with van der Waals surface area (Å²) in [5.74, 6) is 0.160. The average Bonchev–Trinajstić information content (AvgIpc) is 2.92. The van der Waals surface area contributed by atoms with Crippen LogP contribution < -0.4 is 5.32 Å². The lowest BCUT2D eigenvalue weighted by molar-refractivity contribution is -0.134. The Labute approximate surface area is 112 Å². The number of amides is 2. The molecule has 1 saturated heterocycles. The summed E-state index contributed by atoms with van der Waals surface area (Å²) in [4.78, 5) is 25.2. The molecule has 0 aromatic carbocycles. The van der Waals surface area contributed by atoms with Crippen LogP contribution >= 0.6 is 0 Å². The van der Waals surface area contributed by atoms with Crippen LogP contribution in [0.2, 0.25) is 0 Å². The summed E-state index contributed by atoms with van der Waals surface area (Å²) in [6, 6.07) is -0.0444. The third-order valence-corrected chi connectivity index (χ3v) is 3.69. The largest absolute Gasteiger partial charge is 0.349 e. The maximum atomic E-state index is 12.1. The number of piperidine rings is 1. The smallest absolute Gasteiger partial charge is 0.223 e. The second-order valence-corrected chi connectivity index (χ2v) is 5.04. The standard InChI is InChI=1S/C13H20N4O2/c1-9(12-7-14-15-8-12)16-13(19)11-3-5-17(6-4-11)10(2)18/h7-9,11H,3-6H2,1-2H3,(H,14,15)(H,16,19). The van der Waals surface area contributed by atoms with Crippen molar-refractivity contribution in [2.45, 2.75) is 32.7 Å². The average molecular weight is 264 g/mol. The fraction of sp³-hybridized carbons (Fsp3) is 0.615. The van der Waals surface area contributed by atoms with Crippen molar-refractivity contribution < 1.29 is 9.59 Å². The van der Waals surface area contributed by atoms with Crippen LogP contribution in [0.15, 0.2) is 12.4 Å². The Morgan fingerprint density at radius 3 is 2.68 bits per heavy atom. The Morgan fingerprint density at radius 2 is 2.16 bits per heavy atom. The van der Waals surface area contributed by atoms with Crippen molar-refractivity contribution in [1.29, 1.82) is 0 Å². The topological polar surface area (TPSA) is 78.1 Å². The summed E-state index contributed by atoms with van der Waals surface area (Å²) in [5, 5.41) is 9.60. The number of rotatable bonds is 3. The molecule has 1 unspecified atom stereocenters. The van der Waals surface area contributed by atoms with Gasteiger partial charge in [0.15, 0.2) is 0 Å². The summed E-state index contributed by atoms with van der Waals surface area (Å²) in [6.07, 6.45) is 4.97. The van der Waals surface area contributed by atoms with Gasteiger partial charge in [0.05, 0.1) is 12.2 Å². The fourth-order valence-corrected chi connectivity index (χ4v) is 2.37. The van der Waals surface area contributed by atoms with E-state index in [1.165, 1.54) is 0 Å². The first-order valence-corrected chi connectivity index (χ1v) is 6.62. The van der Waals surface area contributed by atoms with Crippen LogP contribution in [0.3, 0.4) is 0 Å². The quantitative estimate of drug-likeness (QED) is 0.849. The molecular formula is C13H20N4O2. The highest BCUT2D eigenvalue weighted by atomic mass is 16.2. The Hall–Kier alpha value is -1.85. The lowest BCUT2D eigenvalue weighted by Gasteiger charge is -2.31. The first-order chi connectivity index (χ1) is 9.08. The van der Waals surface area contributed by atoms with Gasteiger partial charge in [-0.25, -0.2) is 0 Å². The molecule has 6 heteroatoms. The van der Waals surface area contributed by atoms with Gasteiger partial charge >= 0.3 is 0 Å². The minimum atomic E-state index is -0.0444. The maximum absolute atomic E-state index is 12.1. The zero-order valence-electron chi connectivity index (χ0n) is 11.3. The fourth-order valence-electron chi connectivity index (χ4n) is 2.37. The predicted molar refractivity (Wildman–Crippen MR) is 70.1 cm³/mol.